The van der Waals surface area contributed by atoms with Gasteiger partial charge in [-0.05, 0) is 23.2 Å². The van der Waals surface area contributed by atoms with Crippen molar-refractivity contribution in [1.29, 1.82) is 0 Å². The number of hydrogen-bond donors (Lipinski definition) is 1. The first-order chi connectivity index (χ1) is 7.67. The first-order valence-electron chi connectivity index (χ1n) is 4.46. The molecule has 0 amide bonds. The number of carbonyl (C=O) groups is 1. The number of ether oxygens (including phenoxy) is 2. The van der Waals surface area contributed by atoms with Gasteiger partial charge in [0.25, 0.3) is 0 Å². The monoisotopic (exact) mass is 286 g/mol. The Balaban J connectivity index is 2.95. The molecule has 0 spiro atoms. The fourth-order valence-electron chi connectivity index (χ4n) is 1.11. The molecule has 0 aromatic heterocycles. The van der Waals surface area contributed by atoms with E-state index in [0.717, 1.165) is 5.56 Å². The minimum atomic E-state index is -1.02. The van der Waals surface area contributed by atoms with Crippen LogP contribution in [0.5, 0.6) is 11.5 Å². The number of aliphatic carboxylic acids is 1. The zero-order chi connectivity index (χ0) is 12.0. The van der Waals surface area contributed by atoms with Gasteiger partial charge in [-0.2, -0.15) is 0 Å². The highest BCUT2D eigenvalue weighted by atomic mass is 79.9. The second kappa shape index (κ2) is 6.17. The van der Waals surface area contributed by atoms with Crippen LogP contribution in [0.25, 0.3) is 6.08 Å². The first-order valence-corrected chi connectivity index (χ1v) is 5.38. The summed E-state index contributed by atoms with van der Waals surface area (Å²) in [5.41, 5.74) is 0.777. The van der Waals surface area contributed by atoms with E-state index in [1.807, 2.05) is 0 Å². The van der Waals surface area contributed by atoms with Crippen molar-refractivity contribution >= 4 is 28.0 Å². The van der Waals surface area contributed by atoms with Crippen LogP contribution in [-0.2, 0) is 4.79 Å². The molecule has 0 aliphatic heterocycles. The Hall–Kier alpha value is -1.49. The van der Waals surface area contributed by atoms with Gasteiger partial charge in [-0.3, -0.25) is 0 Å². The fourth-order valence-corrected chi connectivity index (χ4v) is 1.40. The molecule has 1 aromatic rings. The Kier molecular flexibility index (Phi) is 4.85. The van der Waals surface area contributed by atoms with Gasteiger partial charge in [-0.15, -0.1) is 0 Å². The van der Waals surface area contributed by atoms with E-state index >= 15 is 0 Å². The van der Waals surface area contributed by atoms with E-state index in [2.05, 4.69) is 15.9 Å². The predicted octanol–water partition coefficient (Wildman–Crippen LogP) is 2.52. The van der Waals surface area contributed by atoms with Crippen molar-refractivity contribution in [2.45, 2.75) is 0 Å². The van der Waals surface area contributed by atoms with Gasteiger partial charge < -0.3 is 14.6 Å². The third-order valence-corrected chi connectivity index (χ3v) is 2.08. The maximum atomic E-state index is 10.4. The number of rotatable bonds is 5. The van der Waals surface area contributed by atoms with Gasteiger partial charge in [0.1, 0.15) is 11.5 Å². The molecule has 5 heteroatoms. The summed E-state index contributed by atoms with van der Waals surface area (Å²) < 4.78 is 10.2. The van der Waals surface area contributed by atoms with Crippen molar-refractivity contribution in [2.75, 3.05) is 13.7 Å². The van der Waals surface area contributed by atoms with Crippen molar-refractivity contribution < 1.29 is 19.4 Å². The molecule has 86 valence electrons. The van der Waals surface area contributed by atoms with Crippen molar-refractivity contribution in [3.8, 4) is 11.5 Å². The summed E-state index contributed by atoms with van der Waals surface area (Å²) >= 11 is 3.15. The van der Waals surface area contributed by atoms with Crippen LogP contribution in [-0.4, -0.2) is 24.8 Å². The minimum absolute atomic E-state index is 0.379. The Labute approximate surface area is 102 Å². The average Bonchev–Trinajstić information content (AvgIpc) is 2.28. The minimum Gasteiger partial charge on any atom is -0.497 e. The second-order valence-corrected chi connectivity index (χ2v) is 3.41. The zero-order valence-electron chi connectivity index (χ0n) is 8.64. The highest BCUT2D eigenvalue weighted by molar-refractivity contribution is 9.11. The quantitative estimate of drug-likeness (QED) is 0.904. The number of methoxy groups -OCH3 is 1. The van der Waals surface area contributed by atoms with E-state index in [1.54, 1.807) is 29.3 Å². The van der Waals surface area contributed by atoms with Gasteiger partial charge in [0, 0.05) is 11.6 Å². The lowest BCUT2D eigenvalue weighted by atomic mass is 10.2. The SMILES string of the molecule is COc1ccc(/C=C/Br)c(OCC(=O)O)c1. The zero-order valence-corrected chi connectivity index (χ0v) is 10.2. The molecule has 0 saturated heterocycles. The summed E-state index contributed by atoms with van der Waals surface area (Å²) in [5.74, 6) is 0.0705. The molecule has 0 heterocycles. The summed E-state index contributed by atoms with van der Waals surface area (Å²) in [6.45, 7) is -0.379. The van der Waals surface area contributed by atoms with Gasteiger partial charge in [-0.1, -0.05) is 15.9 Å². The van der Waals surface area contributed by atoms with Crippen LogP contribution in [0.3, 0.4) is 0 Å². The second-order valence-electron chi connectivity index (χ2n) is 2.88. The Bertz CT molecular complexity index is 401. The van der Waals surface area contributed by atoms with Crippen molar-refractivity contribution in [3.05, 3.63) is 28.7 Å². The third-order valence-electron chi connectivity index (χ3n) is 1.81. The van der Waals surface area contributed by atoms with Crippen LogP contribution >= 0.6 is 15.9 Å². The fraction of sp³-hybridized carbons (Fsp3) is 0.182. The molecule has 0 unspecified atom stereocenters. The summed E-state index contributed by atoms with van der Waals surface area (Å²) in [4.78, 5) is 12.1. The normalized spacial score (nSPS) is 10.4. The van der Waals surface area contributed by atoms with E-state index in [1.165, 1.54) is 7.11 Å². The molecule has 0 fully saturated rings. The molecule has 16 heavy (non-hydrogen) atoms. The van der Waals surface area contributed by atoms with Crippen molar-refractivity contribution in [3.63, 3.8) is 0 Å². The molecule has 0 aliphatic carbocycles. The molecule has 0 atom stereocenters. The number of carboxylic acids is 1. The maximum Gasteiger partial charge on any atom is 0.341 e. The van der Waals surface area contributed by atoms with Gasteiger partial charge >= 0.3 is 5.97 Å². The largest absolute Gasteiger partial charge is 0.497 e. The van der Waals surface area contributed by atoms with Crippen LogP contribution in [0.2, 0.25) is 0 Å². The molecule has 0 saturated carbocycles. The summed E-state index contributed by atoms with van der Waals surface area (Å²) in [5, 5.41) is 8.54. The number of benzene rings is 1. The molecule has 1 N–H and O–H groups in total. The van der Waals surface area contributed by atoms with Crippen molar-refractivity contribution in [2.24, 2.45) is 0 Å². The number of hydrogen-bond acceptors (Lipinski definition) is 3. The molecule has 0 bridgehead atoms. The lowest BCUT2D eigenvalue weighted by Crippen LogP contribution is -2.10. The van der Waals surface area contributed by atoms with Crippen molar-refractivity contribution in [1.82, 2.24) is 0 Å². The topological polar surface area (TPSA) is 55.8 Å². The third kappa shape index (κ3) is 3.58. The Morgan fingerprint density at radius 2 is 2.31 bits per heavy atom. The molecular weight excluding hydrogens is 276 g/mol. The molecule has 1 aromatic carbocycles. The molecule has 0 radical (unpaired) electrons. The summed E-state index contributed by atoms with van der Waals surface area (Å²) in [7, 11) is 1.54. The van der Waals surface area contributed by atoms with E-state index in [9.17, 15) is 4.79 Å². The molecule has 4 nitrogen and oxygen atoms in total. The van der Waals surface area contributed by atoms with Crippen LogP contribution < -0.4 is 9.47 Å². The van der Waals surface area contributed by atoms with E-state index in [4.69, 9.17) is 14.6 Å². The first kappa shape index (κ1) is 12.6. The summed E-state index contributed by atoms with van der Waals surface area (Å²) in [6.07, 6.45) is 1.76. The highest BCUT2D eigenvalue weighted by Crippen LogP contribution is 2.26. The van der Waals surface area contributed by atoms with Crippen LogP contribution in [0.1, 0.15) is 5.56 Å². The smallest absolute Gasteiger partial charge is 0.341 e. The van der Waals surface area contributed by atoms with Crippen LogP contribution in [0, 0.1) is 0 Å². The predicted molar refractivity (Wildman–Crippen MR) is 64.1 cm³/mol. The number of carboxylic acid groups (broad SMARTS) is 1. The summed E-state index contributed by atoms with van der Waals surface area (Å²) in [6, 6.07) is 5.20. The molecular formula is C11H11BrO4. The Morgan fingerprint density at radius 1 is 1.56 bits per heavy atom. The van der Waals surface area contributed by atoms with E-state index in [0.29, 0.717) is 11.5 Å². The molecule has 1 rings (SSSR count). The van der Waals surface area contributed by atoms with E-state index < -0.39 is 5.97 Å². The lowest BCUT2D eigenvalue weighted by Gasteiger charge is -2.09. The van der Waals surface area contributed by atoms with Gasteiger partial charge in [0.2, 0.25) is 0 Å². The maximum absolute atomic E-state index is 10.4. The Morgan fingerprint density at radius 3 is 2.88 bits per heavy atom. The highest BCUT2D eigenvalue weighted by Gasteiger charge is 2.05. The average molecular weight is 287 g/mol. The van der Waals surface area contributed by atoms with Crippen LogP contribution in [0.4, 0.5) is 0 Å². The van der Waals surface area contributed by atoms with Crippen LogP contribution in [0.15, 0.2) is 23.2 Å². The standard InChI is InChI=1S/C11H11BrO4/c1-15-9-3-2-8(4-5-12)10(6-9)16-7-11(13)14/h2-6H,7H2,1H3,(H,13,14)/b5-4+. The van der Waals surface area contributed by atoms with Gasteiger partial charge in [0.15, 0.2) is 6.61 Å². The van der Waals surface area contributed by atoms with E-state index in [-0.39, 0.29) is 6.61 Å². The number of halogens is 1. The van der Waals surface area contributed by atoms with Gasteiger partial charge in [-0.25, -0.2) is 4.79 Å². The van der Waals surface area contributed by atoms with Gasteiger partial charge in [0.05, 0.1) is 7.11 Å². The molecule has 0 aliphatic rings. The lowest BCUT2D eigenvalue weighted by molar-refractivity contribution is -0.139.